The average molecular weight is 274 g/mol. The normalized spacial score (nSPS) is 21.2. The predicted octanol–water partition coefficient (Wildman–Crippen LogP) is 4.36. The van der Waals surface area contributed by atoms with E-state index in [1.54, 1.807) is 12.1 Å². The van der Waals surface area contributed by atoms with Gasteiger partial charge in [0.1, 0.15) is 11.6 Å². The maximum atomic E-state index is 13.1. The van der Waals surface area contributed by atoms with Gasteiger partial charge in [-0.2, -0.15) is 0 Å². The van der Waals surface area contributed by atoms with E-state index in [0.717, 1.165) is 23.3 Å². The van der Waals surface area contributed by atoms with Crippen LogP contribution in [0, 0.1) is 11.2 Å². The zero-order valence-corrected chi connectivity index (χ0v) is 11.8. The summed E-state index contributed by atoms with van der Waals surface area (Å²) in [4.78, 5) is 0. The third kappa shape index (κ3) is 2.09. The van der Waals surface area contributed by atoms with Crippen molar-refractivity contribution in [2.45, 2.75) is 39.0 Å². The zero-order valence-electron chi connectivity index (χ0n) is 11.8. The second kappa shape index (κ2) is 4.62. The third-order valence-corrected chi connectivity index (χ3v) is 4.45. The van der Waals surface area contributed by atoms with Crippen LogP contribution in [0.15, 0.2) is 28.8 Å². The molecule has 3 rings (SSSR count). The summed E-state index contributed by atoms with van der Waals surface area (Å²) in [6.07, 6.45) is 3.43. The number of anilines is 1. The molecule has 0 spiro atoms. The van der Waals surface area contributed by atoms with Crippen molar-refractivity contribution < 1.29 is 8.91 Å². The molecular weight excluding hydrogens is 255 g/mol. The number of rotatable bonds is 2. The lowest BCUT2D eigenvalue weighted by atomic mass is 9.79. The van der Waals surface area contributed by atoms with Gasteiger partial charge in [0.15, 0.2) is 5.82 Å². The van der Waals surface area contributed by atoms with Gasteiger partial charge in [0.05, 0.1) is 5.56 Å². The van der Waals surface area contributed by atoms with E-state index in [4.69, 9.17) is 10.3 Å². The molecule has 1 unspecified atom stereocenters. The number of nitrogens with zero attached hydrogens (tertiary/aromatic N) is 1. The minimum absolute atomic E-state index is 0.181. The molecule has 2 N–H and O–H groups in total. The largest absolute Gasteiger partial charge is 0.380 e. The maximum absolute atomic E-state index is 13.1. The van der Waals surface area contributed by atoms with Crippen LogP contribution in [-0.4, -0.2) is 5.16 Å². The molecule has 4 heteroatoms. The topological polar surface area (TPSA) is 52.0 Å². The van der Waals surface area contributed by atoms with Gasteiger partial charge >= 0.3 is 0 Å². The van der Waals surface area contributed by atoms with Crippen molar-refractivity contribution in [3.63, 3.8) is 0 Å². The van der Waals surface area contributed by atoms with E-state index >= 15 is 0 Å². The summed E-state index contributed by atoms with van der Waals surface area (Å²) in [5, 5.41) is 3.93. The van der Waals surface area contributed by atoms with Gasteiger partial charge in [-0.15, -0.1) is 0 Å². The Kier molecular flexibility index (Phi) is 3.04. The molecule has 0 bridgehead atoms. The minimum atomic E-state index is -0.258. The summed E-state index contributed by atoms with van der Waals surface area (Å²) >= 11 is 0. The molecule has 1 aliphatic rings. The van der Waals surface area contributed by atoms with Crippen molar-refractivity contribution in [1.29, 1.82) is 0 Å². The van der Waals surface area contributed by atoms with Gasteiger partial charge in [0.25, 0.3) is 0 Å². The summed E-state index contributed by atoms with van der Waals surface area (Å²) in [6.45, 7) is 4.50. The Balaban J connectivity index is 2.08. The lowest BCUT2D eigenvalue weighted by Gasteiger charge is -2.25. The highest BCUT2D eigenvalue weighted by molar-refractivity contribution is 5.76. The first-order valence-electron chi connectivity index (χ1n) is 7.00. The number of hydrogen-bond acceptors (Lipinski definition) is 3. The van der Waals surface area contributed by atoms with Gasteiger partial charge in [-0.25, -0.2) is 4.39 Å². The molecule has 0 radical (unpaired) electrons. The third-order valence-electron chi connectivity index (χ3n) is 4.45. The van der Waals surface area contributed by atoms with Crippen LogP contribution in [0.25, 0.3) is 11.1 Å². The molecule has 20 heavy (non-hydrogen) atoms. The molecular formula is C16H19FN2O. The van der Waals surface area contributed by atoms with E-state index in [0.29, 0.717) is 11.7 Å². The predicted molar refractivity (Wildman–Crippen MR) is 76.7 cm³/mol. The number of aromatic nitrogens is 1. The first kappa shape index (κ1) is 13.2. The number of halogens is 1. The van der Waals surface area contributed by atoms with Crippen molar-refractivity contribution >= 4 is 5.82 Å². The fourth-order valence-electron chi connectivity index (χ4n) is 3.27. The second-order valence-electron chi connectivity index (χ2n) is 6.25. The number of benzene rings is 1. The van der Waals surface area contributed by atoms with Gasteiger partial charge in [0, 0.05) is 5.92 Å². The van der Waals surface area contributed by atoms with E-state index in [2.05, 4.69) is 19.0 Å². The quantitative estimate of drug-likeness (QED) is 0.885. The van der Waals surface area contributed by atoms with E-state index in [1.165, 1.54) is 25.0 Å². The van der Waals surface area contributed by atoms with Crippen LogP contribution >= 0.6 is 0 Å². The Morgan fingerprint density at radius 2 is 2.00 bits per heavy atom. The molecule has 2 aromatic rings. The molecule has 1 aliphatic carbocycles. The van der Waals surface area contributed by atoms with E-state index < -0.39 is 0 Å². The molecule has 1 atom stereocenters. The SMILES string of the molecule is CC1(C)CCCC1c1onc(N)c1-c1ccc(F)cc1. The number of nitrogens with two attached hydrogens (primary N) is 1. The maximum Gasteiger partial charge on any atom is 0.175 e. The minimum Gasteiger partial charge on any atom is -0.380 e. The lowest BCUT2D eigenvalue weighted by molar-refractivity contribution is 0.269. The van der Waals surface area contributed by atoms with Gasteiger partial charge in [-0.05, 0) is 36.0 Å². The van der Waals surface area contributed by atoms with E-state index in [-0.39, 0.29) is 11.2 Å². The molecule has 0 aliphatic heterocycles. The van der Waals surface area contributed by atoms with Crippen LogP contribution in [0.5, 0.6) is 0 Å². The number of nitrogen functional groups attached to an aromatic ring is 1. The van der Waals surface area contributed by atoms with Crippen molar-refractivity contribution in [2.24, 2.45) is 5.41 Å². The van der Waals surface area contributed by atoms with Crippen LogP contribution < -0.4 is 5.73 Å². The summed E-state index contributed by atoms with van der Waals surface area (Å²) in [7, 11) is 0. The van der Waals surface area contributed by atoms with Crippen molar-refractivity contribution in [3.8, 4) is 11.1 Å². The zero-order chi connectivity index (χ0) is 14.3. The summed E-state index contributed by atoms with van der Waals surface area (Å²) < 4.78 is 18.6. The summed E-state index contributed by atoms with van der Waals surface area (Å²) in [5.74, 6) is 1.28. The molecule has 106 valence electrons. The second-order valence-corrected chi connectivity index (χ2v) is 6.25. The molecule has 1 aromatic carbocycles. The standard InChI is InChI=1S/C16H19FN2O/c1-16(2)9-3-4-12(16)14-13(15(18)19-20-14)10-5-7-11(17)8-6-10/h5-8,12H,3-4,9H2,1-2H3,(H2,18,19). The van der Waals surface area contributed by atoms with Crippen LogP contribution in [0.3, 0.4) is 0 Å². The van der Waals surface area contributed by atoms with E-state index in [9.17, 15) is 4.39 Å². The van der Waals surface area contributed by atoms with Gasteiger partial charge < -0.3 is 10.3 Å². The molecule has 1 saturated carbocycles. The smallest absolute Gasteiger partial charge is 0.175 e. The molecule has 0 saturated heterocycles. The Bertz CT molecular complexity index is 616. The highest BCUT2D eigenvalue weighted by atomic mass is 19.1. The molecule has 1 aromatic heterocycles. The fourth-order valence-corrected chi connectivity index (χ4v) is 3.27. The van der Waals surface area contributed by atoms with Crippen molar-refractivity contribution in [3.05, 3.63) is 35.8 Å². The Hall–Kier alpha value is -1.84. The summed E-state index contributed by atoms with van der Waals surface area (Å²) in [6, 6.07) is 6.32. The van der Waals surface area contributed by atoms with Crippen LogP contribution in [-0.2, 0) is 0 Å². The van der Waals surface area contributed by atoms with Crippen molar-refractivity contribution in [2.75, 3.05) is 5.73 Å². The first-order valence-corrected chi connectivity index (χ1v) is 7.00. The highest BCUT2D eigenvalue weighted by Crippen LogP contribution is 2.51. The van der Waals surface area contributed by atoms with Gasteiger partial charge in [0.2, 0.25) is 0 Å². The van der Waals surface area contributed by atoms with Crippen molar-refractivity contribution in [1.82, 2.24) is 5.16 Å². The van der Waals surface area contributed by atoms with Gasteiger partial charge in [-0.1, -0.05) is 37.6 Å². The average Bonchev–Trinajstić information content (AvgIpc) is 2.93. The Morgan fingerprint density at radius 1 is 1.30 bits per heavy atom. The van der Waals surface area contributed by atoms with Crippen LogP contribution in [0.2, 0.25) is 0 Å². The summed E-state index contributed by atoms with van der Waals surface area (Å²) in [5.41, 5.74) is 7.84. The monoisotopic (exact) mass is 274 g/mol. The highest BCUT2D eigenvalue weighted by Gasteiger charge is 2.40. The first-order chi connectivity index (χ1) is 9.49. The molecule has 1 fully saturated rings. The number of hydrogen-bond donors (Lipinski definition) is 1. The van der Waals surface area contributed by atoms with Crippen LogP contribution in [0.1, 0.15) is 44.8 Å². The Labute approximate surface area is 118 Å². The molecule has 3 nitrogen and oxygen atoms in total. The van der Waals surface area contributed by atoms with Crippen LogP contribution in [0.4, 0.5) is 10.2 Å². The van der Waals surface area contributed by atoms with Gasteiger partial charge in [-0.3, -0.25) is 0 Å². The fraction of sp³-hybridized carbons (Fsp3) is 0.438. The van der Waals surface area contributed by atoms with E-state index in [1.807, 2.05) is 0 Å². The molecule has 0 amide bonds. The molecule has 1 heterocycles. The Morgan fingerprint density at radius 3 is 2.60 bits per heavy atom. The lowest BCUT2D eigenvalue weighted by Crippen LogP contribution is -2.15.